The van der Waals surface area contributed by atoms with Gasteiger partial charge in [0.15, 0.2) is 0 Å². The van der Waals surface area contributed by atoms with Gasteiger partial charge in [-0.05, 0) is 74.6 Å². The van der Waals surface area contributed by atoms with Gasteiger partial charge in [-0.15, -0.1) is 11.6 Å². The Hall–Kier alpha value is -1.94. The van der Waals surface area contributed by atoms with Crippen molar-refractivity contribution in [3.63, 3.8) is 0 Å². The van der Waals surface area contributed by atoms with Gasteiger partial charge in [0.2, 0.25) is 5.91 Å². The number of alkyl halides is 1. The summed E-state index contributed by atoms with van der Waals surface area (Å²) in [5.74, 6) is 2.54. The second kappa shape index (κ2) is 5.78. The summed E-state index contributed by atoms with van der Waals surface area (Å²) in [4.78, 5) is 24.4. The molecule has 4 aliphatic carbocycles. The van der Waals surface area contributed by atoms with E-state index in [2.05, 4.69) is 9.97 Å². The maximum atomic E-state index is 13.9. The Morgan fingerprint density at radius 1 is 0.962 bits per heavy atom. The van der Waals surface area contributed by atoms with Crippen LogP contribution < -0.4 is 4.90 Å². The van der Waals surface area contributed by atoms with Crippen LogP contribution in [0.25, 0.3) is 0 Å². The number of rotatable bonds is 3. The highest BCUT2D eigenvalue weighted by molar-refractivity contribution is 6.24. The Morgan fingerprint density at radius 2 is 1.54 bits per heavy atom. The van der Waals surface area contributed by atoms with Crippen LogP contribution in [0.5, 0.6) is 0 Å². The summed E-state index contributed by atoms with van der Waals surface area (Å²) in [5.41, 5.74) is -0.374. The van der Waals surface area contributed by atoms with Crippen molar-refractivity contribution in [2.45, 2.75) is 43.4 Å². The fraction of sp³-hybridized carbons (Fsp3) is 0.476. The zero-order valence-electron chi connectivity index (χ0n) is 14.6. The van der Waals surface area contributed by atoms with Crippen LogP contribution in [0.4, 0.5) is 11.6 Å². The lowest BCUT2D eigenvalue weighted by molar-refractivity contribution is -0.140. The molecule has 4 aliphatic rings. The van der Waals surface area contributed by atoms with Crippen LogP contribution in [-0.2, 0) is 4.79 Å². The molecule has 26 heavy (non-hydrogen) atoms. The zero-order chi connectivity index (χ0) is 17.8. The number of carbonyl (C=O) groups is 1. The molecule has 0 saturated heterocycles. The molecular weight excluding hydrogens is 346 g/mol. The Morgan fingerprint density at radius 3 is 2.00 bits per heavy atom. The molecule has 134 valence electrons. The van der Waals surface area contributed by atoms with Crippen LogP contribution >= 0.6 is 11.6 Å². The van der Waals surface area contributed by atoms with E-state index >= 15 is 0 Å². The van der Waals surface area contributed by atoms with Gasteiger partial charge >= 0.3 is 0 Å². The third-order valence-electron chi connectivity index (χ3n) is 6.40. The molecule has 5 heteroatoms. The van der Waals surface area contributed by atoms with Crippen molar-refractivity contribution in [2.75, 3.05) is 4.90 Å². The molecule has 6 rings (SSSR count). The molecule has 0 N–H and O–H groups in total. The fourth-order valence-corrected chi connectivity index (χ4v) is 6.63. The first-order valence-electron chi connectivity index (χ1n) is 9.43. The molecule has 4 nitrogen and oxygen atoms in total. The molecule has 2 aromatic rings. The van der Waals surface area contributed by atoms with E-state index in [-0.39, 0.29) is 16.2 Å². The maximum absolute atomic E-state index is 13.9. The van der Waals surface area contributed by atoms with Gasteiger partial charge in [0.25, 0.3) is 0 Å². The predicted octanol–water partition coefficient (Wildman–Crippen LogP) is 4.72. The second-order valence-electron chi connectivity index (χ2n) is 8.41. The molecule has 4 fully saturated rings. The van der Waals surface area contributed by atoms with E-state index < -0.39 is 0 Å². The monoisotopic (exact) mass is 367 g/mol. The van der Waals surface area contributed by atoms with Crippen molar-refractivity contribution in [3.05, 3.63) is 48.8 Å². The molecule has 2 aromatic heterocycles. The number of anilines is 2. The van der Waals surface area contributed by atoms with Crippen molar-refractivity contribution in [3.8, 4) is 0 Å². The van der Waals surface area contributed by atoms with E-state index in [1.165, 1.54) is 6.42 Å². The minimum Gasteiger partial charge on any atom is -0.273 e. The van der Waals surface area contributed by atoms with Crippen molar-refractivity contribution in [1.29, 1.82) is 0 Å². The van der Waals surface area contributed by atoms with E-state index in [0.29, 0.717) is 23.5 Å². The molecule has 0 spiro atoms. The Bertz CT molecular complexity index is 772. The van der Waals surface area contributed by atoms with Crippen LogP contribution in [0, 0.1) is 17.3 Å². The van der Waals surface area contributed by atoms with Crippen LogP contribution in [-0.4, -0.2) is 20.7 Å². The Kier molecular flexibility index (Phi) is 3.61. The normalized spacial score (nSPS) is 34.7. The molecule has 2 heterocycles. The first-order chi connectivity index (χ1) is 12.6. The number of nitrogens with zero attached hydrogens (tertiary/aromatic N) is 3. The second-order valence-corrected chi connectivity index (χ2v) is 9.21. The summed E-state index contributed by atoms with van der Waals surface area (Å²) < 4.78 is 0. The number of hydrogen-bond donors (Lipinski definition) is 0. The molecule has 0 radical (unpaired) electrons. The molecule has 0 aliphatic heterocycles. The third-order valence-corrected chi connectivity index (χ3v) is 6.85. The first-order valence-corrected chi connectivity index (χ1v) is 9.80. The van der Waals surface area contributed by atoms with E-state index in [1.54, 1.807) is 17.3 Å². The van der Waals surface area contributed by atoms with Gasteiger partial charge in [-0.3, -0.25) is 4.79 Å². The van der Waals surface area contributed by atoms with Crippen molar-refractivity contribution in [1.82, 2.24) is 9.97 Å². The molecular formula is C21H22ClN3O. The maximum Gasteiger partial charge on any atom is 0.240 e. The van der Waals surface area contributed by atoms with Crippen LogP contribution in [0.15, 0.2) is 48.8 Å². The molecule has 0 aromatic carbocycles. The summed E-state index contributed by atoms with van der Waals surface area (Å²) in [6.07, 6.45) is 9.49. The lowest BCUT2D eigenvalue weighted by Crippen LogP contribution is -2.58. The van der Waals surface area contributed by atoms with Gasteiger partial charge in [-0.2, -0.15) is 0 Å². The van der Waals surface area contributed by atoms with Crippen LogP contribution in [0.2, 0.25) is 0 Å². The van der Waals surface area contributed by atoms with Crippen LogP contribution in [0.3, 0.4) is 0 Å². The molecule has 4 bridgehead atoms. The fourth-order valence-electron chi connectivity index (χ4n) is 5.94. The highest BCUT2D eigenvalue weighted by Gasteiger charge is 2.61. The average molecular weight is 368 g/mol. The summed E-state index contributed by atoms with van der Waals surface area (Å²) in [5, 5.41) is 0. The van der Waals surface area contributed by atoms with Gasteiger partial charge in [0, 0.05) is 17.3 Å². The number of pyridine rings is 2. The SMILES string of the molecule is O=C(N(c1ccccn1)c1ccccn1)C12C[C@@H]3C[C@@H](CC(Cl)(C3)C1)C2. The number of carbonyl (C=O) groups excluding carboxylic acids is 1. The van der Waals surface area contributed by atoms with E-state index in [0.717, 1.165) is 32.1 Å². The van der Waals surface area contributed by atoms with Crippen molar-refractivity contribution >= 4 is 29.1 Å². The van der Waals surface area contributed by atoms with E-state index in [1.807, 2.05) is 36.4 Å². The standard InChI is InChI=1S/C21H22ClN3O/c22-21-12-15-9-16(13-21)11-20(10-15,14-21)19(26)25(17-5-1-3-7-23-17)18-6-2-4-8-24-18/h1-8,15-16H,9-14H2/t15-,16+,20?,21?. The number of hydrogen-bond acceptors (Lipinski definition) is 3. The predicted molar refractivity (Wildman–Crippen MR) is 101 cm³/mol. The smallest absolute Gasteiger partial charge is 0.240 e. The lowest BCUT2D eigenvalue weighted by atomic mass is 9.49. The molecule has 4 saturated carbocycles. The zero-order valence-corrected chi connectivity index (χ0v) is 15.4. The molecule has 4 atom stereocenters. The Balaban J connectivity index is 1.58. The third kappa shape index (κ3) is 2.54. The summed E-state index contributed by atoms with van der Waals surface area (Å²) in [7, 11) is 0. The van der Waals surface area contributed by atoms with Crippen molar-refractivity contribution < 1.29 is 4.79 Å². The number of halogens is 1. The van der Waals surface area contributed by atoms with Gasteiger partial charge < -0.3 is 0 Å². The lowest BCUT2D eigenvalue weighted by Gasteiger charge is -2.59. The molecule has 1 amide bonds. The quantitative estimate of drug-likeness (QED) is 0.737. The Labute approximate surface area is 158 Å². The molecule has 2 unspecified atom stereocenters. The first kappa shape index (κ1) is 16.2. The van der Waals surface area contributed by atoms with Crippen molar-refractivity contribution in [2.24, 2.45) is 17.3 Å². The van der Waals surface area contributed by atoms with Gasteiger partial charge in [0.05, 0.1) is 5.41 Å². The summed E-state index contributed by atoms with van der Waals surface area (Å²) in [6.45, 7) is 0. The largest absolute Gasteiger partial charge is 0.273 e. The summed E-state index contributed by atoms with van der Waals surface area (Å²) in [6, 6.07) is 11.3. The number of aromatic nitrogens is 2. The van der Waals surface area contributed by atoms with E-state index in [4.69, 9.17) is 11.6 Å². The number of amides is 1. The van der Waals surface area contributed by atoms with Gasteiger partial charge in [-0.25, -0.2) is 14.9 Å². The van der Waals surface area contributed by atoms with Gasteiger partial charge in [-0.1, -0.05) is 12.1 Å². The summed E-state index contributed by atoms with van der Waals surface area (Å²) >= 11 is 6.96. The highest BCUT2D eigenvalue weighted by Crippen LogP contribution is 2.64. The highest BCUT2D eigenvalue weighted by atomic mass is 35.5. The average Bonchev–Trinajstić information content (AvgIpc) is 2.62. The van der Waals surface area contributed by atoms with Gasteiger partial charge in [0.1, 0.15) is 11.6 Å². The van der Waals surface area contributed by atoms with Crippen LogP contribution in [0.1, 0.15) is 38.5 Å². The minimum atomic E-state index is -0.374. The topological polar surface area (TPSA) is 46.1 Å². The minimum absolute atomic E-state index is 0.119. The van der Waals surface area contributed by atoms with E-state index in [9.17, 15) is 4.79 Å².